The lowest BCUT2D eigenvalue weighted by molar-refractivity contribution is -0.137. The monoisotopic (exact) mass is 328 g/mol. The van der Waals surface area contributed by atoms with Crippen LogP contribution in [0.1, 0.15) is 16.8 Å². The molecule has 0 aliphatic carbocycles. The van der Waals surface area contributed by atoms with Crippen LogP contribution in [0.3, 0.4) is 0 Å². The normalized spacial score (nSPS) is 12.0. The number of halogens is 3. The molecule has 0 N–H and O–H groups in total. The van der Waals surface area contributed by atoms with Crippen molar-refractivity contribution < 1.29 is 13.2 Å². The Hall–Kier alpha value is -2.82. The van der Waals surface area contributed by atoms with Gasteiger partial charge in [0, 0.05) is 11.9 Å². The van der Waals surface area contributed by atoms with Gasteiger partial charge in [0.25, 0.3) is 0 Å². The number of nitrogens with zero attached hydrogens (tertiary/aromatic N) is 2. The molecule has 0 saturated heterocycles. The molecule has 2 aromatic carbocycles. The van der Waals surface area contributed by atoms with Gasteiger partial charge in [-0.2, -0.15) is 13.2 Å². The lowest BCUT2D eigenvalue weighted by Gasteiger charge is -2.11. The number of aliphatic imine (C=N–C) groups is 1. The standard InChI is InChI=1S/C19H15F3N2/c1-14-6-2-3-10-18(14)23-13-17-9-5-11-24(17)16-8-4-7-15(12-16)19(20,21)22/h2-13H,1H3. The number of alkyl halides is 3. The minimum Gasteiger partial charge on any atom is -0.316 e. The van der Waals surface area contributed by atoms with Gasteiger partial charge in [0.15, 0.2) is 0 Å². The third-order valence-electron chi connectivity index (χ3n) is 3.68. The van der Waals surface area contributed by atoms with Crippen LogP contribution in [0, 0.1) is 6.92 Å². The topological polar surface area (TPSA) is 17.3 Å². The quantitative estimate of drug-likeness (QED) is 0.561. The molecule has 3 rings (SSSR count). The highest BCUT2D eigenvalue weighted by Gasteiger charge is 2.30. The van der Waals surface area contributed by atoms with Crippen molar-refractivity contribution >= 4 is 11.9 Å². The molecule has 5 heteroatoms. The smallest absolute Gasteiger partial charge is 0.316 e. The Bertz CT molecular complexity index is 876. The molecule has 1 aromatic heterocycles. The van der Waals surface area contributed by atoms with Crippen molar-refractivity contribution in [2.24, 2.45) is 4.99 Å². The van der Waals surface area contributed by atoms with E-state index in [-0.39, 0.29) is 0 Å². The second kappa shape index (κ2) is 6.35. The third kappa shape index (κ3) is 3.40. The van der Waals surface area contributed by atoms with Gasteiger partial charge in [-0.05, 0) is 48.9 Å². The van der Waals surface area contributed by atoms with E-state index in [0.717, 1.165) is 23.4 Å². The van der Waals surface area contributed by atoms with E-state index in [9.17, 15) is 13.2 Å². The summed E-state index contributed by atoms with van der Waals surface area (Å²) in [6.07, 6.45) is -0.990. The third-order valence-corrected chi connectivity index (χ3v) is 3.68. The molecule has 122 valence electrons. The minimum atomic E-state index is -4.36. The second-order valence-corrected chi connectivity index (χ2v) is 5.40. The van der Waals surface area contributed by atoms with E-state index in [0.29, 0.717) is 11.4 Å². The van der Waals surface area contributed by atoms with Gasteiger partial charge < -0.3 is 4.57 Å². The summed E-state index contributed by atoms with van der Waals surface area (Å²) in [5, 5.41) is 0. The molecule has 3 aromatic rings. The molecule has 0 spiro atoms. The zero-order valence-corrected chi connectivity index (χ0v) is 13.0. The maximum absolute atomic E-state index is 12.9. The largest absolute Gasteiger partial charge is 0.416 e. The molecule has 0 aliphatic heterocycles. The Balaban J connectivity index is 1.96. The van der Waals surface area contributed by atoms with Gasteiger partial charge in [-0.25, -0.2) is 0 Å². The number of aryl methyl sites for hydroxylation is 1. The molecule has 0 atom stereocenters. The lowest BCUT2D eigenvalue weighted by Crippen LogP contribution is -2.06. The van der Waals surface area contributed by atoms with Gasteiger partial charge in [0.1, 0.15) is 0 Å². The number of para-hydroxylation sites is 1. The molecule has 24 heavy (non-hydrogen) atoms. The van der Waals surface area contributed by atoms with Crippen LogP contribution < -0.4 is 0 Å². The molecule has 0 saturated carbocycles. The van der Waals surface area contributed by atoms with Gasteiger partial charge in [-0.1, -0.05) is 24.3 Å². The van der Waals surface area contributed by atoms with E-state index in [1.165, 1.54) is 6.07 Å². The van der Waals surface area contributed by atoms with E-state index in [2.05, 4.69) is 4.99 Å². The van der Waals surface area contributed by atoms with Crippen molar-refractivity contribution in [2.45, 2.75) is 13.1 Å². The summed E-state index contributed by atoms with van der Waals surface area (Å²) in [4.78, 5) is 4.44. The van der Waals surface area contributed by atoms with Crippen LogP contribution >= 0.6 is 0 Å². The number of hydrogen-bond acceptors (Lipinski definition) is 1. The first kappa shape index (κ1) is 16.1. The van der Waals surface area contributed by atoms with Crippen molar-refractivity contribution in [3.8, 4) is 5.69 Å². The van der Waals surface area contributed by atoms with Gasteiger partial charge in [0.05, 0.1) is 23.2 Å². The van der Waals surface area contributed by atoms with Gasteiger partial charge in [-0.3, -0.25) is 4.99 Å². The first-order chi connectivity index (χ1) is 11.4. The number of hydrogen-bond donors (Lipinski definition) is 0. The predicted octanol–water partition coefficient (Wildman–Crippen LogP) is 5.56. The van der Waals surface area contributed by atoms with Gasteiger partial charge in [0.2, 0.25) is 0 Å². The first-order valence-electron chi connectivity index (χ1n) is 7.40. The average molecular weight is 328 g/mol. The molecular weight excluding hydrogens is 313 g/mol. The Morgan fingerprint density at radius 2 is 1.75 bits per heavy atom. The van der Waals surface area contributed by atoms with Crippen LogP contribution in [0.25, 0.3) is 5.69 Å². The summed E-state index contributed by atoms with van der Waals surface area (Å²) in [5.41, 5.74) is 2.34. The lowest BCUT2D eigenvalue weighted by atomic mass is 10.2. The van der Waals surface area contributed by atoms with Crippen LogP contribution in [0.5, 0.6) is 0 Å². The number of benzene rings is 2. The van der Waals surface area contributed by atoms with Crippen molar-refractivity contribution in [1.29, 1.82) is 0 Å². The highest BCUT2D eigenvalue weighted by Crippen LogP contribution is 2.30. The maximum atomic E-state index is 12.9. The minimum absolute atomic E-state index is 0.445. The molecule has 0 unspecified atom stereocenters. The second-order valence-electron chi connectivity index (χ2n) is 5.40. The summed E-state index contributed by atoms with van der Waals surface area (Å²) >= 11 is 0. The fraction of sp³-hybridized carbons (Fsp3) is 0.105. The summed E-state index contributed by atoms with van der Waals surface area (Å²) in [6.45, 7) is 1.96. The van der Waals surface area contributed by atoms with E-state index < -0.39 is 11.7 Å². The zero-order valence-electron chi connectivity index (χ0n) is 13.0. The molecule has 0 fully saturated rings. The highest BCUT2D eigenvalue weighted by molar-refractivity contribution is 5.81. The fourth-order valence-electron chi connectivity index (χ4n) is 2.41. The van der Waals surface area contributed by atoms with Crippen LogP contribution in [-0.4, -0.2) is 10.8 Å². The summed E-state index contributed by atoms with van der Waals surface area (Å²) < 4.78 is 40.3. The van der Waals surface area contributed by atoms with Crippen LogP contribution in [-0.2, 0) is 6.18 Å². The van der Waals surface area contributed by atoms with Crippen LogP contribution in [0.15, 0.2) is 71.9 Å². The van der Waals surface area contributed by atoms with E-state index in [1.807, 2.05) is 37.3 Å². The van der Waals surface area contributed by atoms with Crippen molar-refractivity contribution in [3.05, 3.63) is 83.7 Å². The SMILES string of the molecule is Cc1ccccc1N=Cc1cccn1-c1cccc(C(F)(F)F)c1. The maximum Gasteiger partial charge on any atom is 0.416 e. The molecule has 0 bridgehead atoms. The summed E-state index contributed by atoms with van der Waals surface area (Å²) in [5.74, 6) is 0. The van der Waals surface area contributed by atoms with Crippen molar-refractivity contribution in [3.63, 3.8) is 0 Å². The molecule has 0 amide bonds. The van der Waals surface area contributed by atoms with E-state index in [4.69, 9.17) is 0 Å². The van der Waals surface area contributed by atoms with Crippen molar-refractivity contribution in [2.75, 3.05) is 0 Å². The number of aromatic nitrogens is 1. The molecule has 1 heterocycles. The highest BCUT2D eigenvalue weighted by atomic mass is 19.4. The summed E-state index contributed by atoms with van der Waals surface area (Å²) in [7, 11) is 0. The number of rotatable bonds is 3. The molecule has 2 nitrogen and oxygen atoms in total. The van der Waals surface area contributed by atoms with Crippen LogP contribution in [0.4, 0.5) is 18.9 Å². The van der Waals surface area contributed by atoms with E-state index >= 15 is 0 Å². The Morgan fingerprint density at radius 3 is 2.50 bits per heavy atom. The predicted molar refractivity (Wildman–Crippen MR) is 89.2 cm³/mol. The fourth-order valence-corrected chi connectivity index (χ4v) is 2.41. The van der Waals surface area contributed by atoms with Gasteiger partial charge >= 0.3 is 6.18 Å². The van der Waals surface area contributed by atoms with Crippen molar-refractivity contribution in [1.82, 2.24) is 4.57 Å². The average Bonchev–Trinajstić information content (AvgIpc) is 3.02. The molecule has 0 aliphatic rings. The Kier molecular flexibility index (Phi) is 4.25. The Morgan fingerprint density at radius 1 is 0.958 bits per heavy atom. The zero-order chi connectivity index (χ0) is 17.2. The van der Waals surface area contributed by atoms with Gasteiger partial charge in [-0.15, -0.1) is 0 Å². The molecular formula is C19H15F3N2. The molecule has 0 radical (unpaired) electrons. The first-order valence-corrected chi connectivity index (χ1v) is 7.40. The Labute approximate surface area is 137 Å². The van der Waals surface area contributed by atoms with E-state index in [1.54, 1.807) is 29.1 Å². The van der Waals surface area contributed by atoms with Crippen LogP contribution in [0.2, 0.25) is 0 Å². The summed E-state index contributed by atoms with van der Waals surface area (Å²) in [6, 6.07) is 16.5.